The van der Waals surface area contributed by atoms with Gasteiger partial charge in [0.15, 0.2) is 0 Å². The second-order valence-electron chi connectivity index (χ2n) is 6.09. The van der Waals surface area contributed by atoms with Crippen LogP contribution in [0.3, 0.4) is 0 Å². The van der Waals surface area contributed by atoms with E-state index in [1.165, 1.54) is 6.08 Å². The first-order chi connectivity index (χ1) is 14.0. The molecule has 6 heteroatoms. The molecule has 0 heterocycles. The summed E-state index contributed by atoms with van der Waals surface area (Å²) >= 11 is 8.49. The molecule has 29 heavy (non-hydrogen) atoms. The molecule has 3 aromatic carbocycles. The Labute approximate surface area is 187 Å². The van der Waals surface area contributed by atoms with E-state index in [0.717, 1.165) is 9.13 Å². The third kappa shape index (κ3) is 6.08. The predicted octanol–water partition coefficient (Wildman–Crippen LogP) is 6.07. The molecule has 0 aromatic heterocycles. The maximum absolute atomic E-state index is 12.4. The van der Waals surface area contributed by atoms with Gasteiger partial charge in [0, 0.05) is 9.26 Å². The Morgan fingerprint density at radius 2 is 1.83 bits per heavy atom. The molecule has 0 saturated carbocycles. The molecule has 3 rings (SSSR count). The quantitative estimate of drug-likeness (QED) is 0.247. The van der Waals surface area contributed by atoms with E-state index in [-0.39, 0.29) is 5.57 Å². The van der Waals surface area contributed by atoms with Gasteiger partial charge in [-0.05, 0) is 76.2 Å². The summed E-state index contributed by atoms with van der Waals surface area (Å²) in [5.41, 5.74) is 2.28. The number of hydrogen-bond donors (Lipinski definition) is 1. The van der Waals surface area contributed by atoms with E-state index in [9.17, 15) is 10.1 Å². The minimum atomic E-state index is -0.478. The maximum Gasteiger partial charge on any atom is 0.266 e. The van der Waals surface area contributed by atoms with E-state index in [4.69, 9.17) is 16.3 Å². The lowest BCUT2D eigenvalue weighted by molar-refractivity contribution is -0.112. The smallest absolute Gasteiger partial charge is 0.266 e. The number of anilines is 1. The van der Waals surface area contributed by atoms with Crippen LogP contribution in [0.5, 0.6) is 5.75 Å². The summed E-state index contributed by atoms with van der Waals surface area (Å²) in [5, 5.41) is 12.5. The lowest BCUT2D eigenvalue weighted by Crippen LogP contribution is -2.13. The van der Waals surface area contributed by atoms with Gasteiger partial charge >= 0.3 is 0 Å². The second kappa shape index (κ2) is 10.1. The molecular formula is C23H16ClIN2O2. The van der Waals surface area contributed by atoms with Crippen molar-refractivity contribution in [3.05, 3.63) is 98.1 Å². The van der Waals surface area contributed by atoms with Gasteiger partial charge < -0.3 is 10.1 Å². The lowest BCUT2D eigenvalue weighted by atomic mass is 10.1. The van der Waals surface area contributed by atoms with Gasteiger partial charge in [-0.15, -0.1) is 0 Å². The zero-order valence-corrected chi connectivity index (χ0v) is 18.1. The predicted molar refractivity (Wildman–Crippen MR) is 124 cm³/mol. The summed E-state index contributed by atoms with van der Waals surface area (Å²) in [6.45, 7) is 0.400. The highest BCUT2D eigenvalue weighted by Gasteiger charge is 2.11. The topological polar surface area (TPSA) is 62.1 Å². The van der Waals surface area contributed by atoms with E-state index >= 15 is 0 Å². The molecule has 4 nitrogen and oxygen atoms in total. The molecule has 0 radical (unpaired) electrons. The first-order valence-electron chi connectivity index (χ1n) is 8.70. The molecule has 0 spiro atoms. The van der Waals surface area contributed by atoms with Crippen LogP contribution in [0.15, 0.2) is 78.4 Å². The molecule has 1 N–H and O–H groups in total. The number of amides is 1. The Hall–Kier alpha value is -2.82. The van der Waals surface area contributed by atoms with Gasteiger partial charge in [0.2, 0.25) is 0 Å². The van der Waals surface area contributed by atoms with Gasteiger partial charge in [-0.2, -0.15) is 5.26 Å². The summed E-state index contributed by atoms with van der Waals surface area (Å²) in [7, 11) is 0. The Bertz CT molecular complexity index is 1070. The third-order valence-corrected chi connectivity index (χ3v) is 4.99. The van der Waals surface area contributed by atoms with Crippen molar-refractivity contribution in [1.82, 2.24) is 0 Å². The van der Waals surface area contributed by atoms with Gasteiger partial charge in [0.25, 0.3) is 5.91 Å². The number of nitriles is 1. The van der Waals surface area contributed by atoms with E-state index < -0.39 is 5.91 Å². The van der Waals surface area contributed by atoms with Crippen LogP contribution in [0.1, 0.15) is 11.1 Å². The Morgan fingerprint density at radius 3 is 2.48 bits per heavy atom. The Kier molecular flexibility index (Phi) is 7.28. The van der Waals surface area contributed by atoms with E-state index in [0.29, 0.717) is 28.6 Å². The number of benzene rings is 3. The molecule has 1 amide bonds. The number of nitrogens with zero attached hydrogens (tertiary/aromatic N) is 1. The average Bonchev–Trinajstić information content (AvgIpc) is 2.73. The van der Waals surface area contributed by atoms with Gasteiger partial charge in [-0.3, -0.25) is 4.79 Å². The first-order valence-corrected chi connectivity index (χ1v) is 10.2. The fourth-order valence-electron chi connectivity index (χ4n) is 2.51. The van der Waals surface area contributed by atoms with Crippen molar-refractivity contribution in [2.24, 2.45) is 0 Å². The summed E-state index contributed by atoms with van der Waals surface area (Å²) in [5.74, 6) is 0.0590. The fourth-order valence-corrected chi connectivity index (χ4v) is 3.11. The van der Waals surface area contributed by atoms with Crippen LogP contribution in [0.2, 0.25) is 5.02 Å². The number of rotatable bonds is 6. The van der Waals surface area contributed by atoms with Gasteiger partial charge in [0.1, 0.15) is 24.0 Å². The van der Waals surface area contributed by atoms with E-state index in [1.54, 1.807) is 30.3 Å². The molecule has 0 aliphatic carbocycles. The number of carbonyl (C=O) groups is 1. The highest BCUT2D eigenvalue weighted by atomic mass is 127. The zero-order valence-electron chi connectivity index (χ0n) is 15.2. The molecule has 3 aromatic rings. The molecule has 0 fully saturated rings. The Balaban J connectivity index is 1.70. The largest absolute Gasteiger partial charge is 0.487 e. The number of ether oxygens (including phenoxy) is 1. The average molecular weight is 515 g/mol. The number of hydrogen-bond acceptors (Lipinski definition) is 3. The monoisotopic (exact) mass is 514 g/mol. The zero-order chi connectivity index (χ0) is 20.6. The molecule has 0 bridgehead atoms. The number of nitrogens with one attached hydrogen (secondary N) is 1. The van der Waals surface area contributed by atoms with E-state index in [2.05, 4.69) is 27.9 Å². The molecule has 0 atom stereocenters. The summed E-state index contributed by atoms with van der Waals surface area (Å²) in [6, 6.07) is 24.2. The molecular weight excluding hydrogens is 499 g/mol. The van der Waals surface area contributed by atoms with Crippen molar-refractivity contribution in [3.63, 3.8) is 0 Å². The molecule has 0 aliphatic rings. The van der Waals surface area contributed by atoms with Gasteiger partial charge in [-0.25, -0.2) is 0 Å². The molecule has 0 saturated heterocycles. The normalized spacial score (nSPS) is 10.9. The van der Waals surface area contributed by atoms with Gasteiger partial charge in [-0.1, -0.05) is 48.0 Å². The van der Waals surface area contributed by atoms with Crippen molar-refractivity contribution in [1.29, 1.82) is 5.26 Å². The van der Waals surface area contributed by atoms with Crippen molar-refractivity contribution in [3.8, 4) is 11.8 Å². The maximum atomic E-state index is 12.4. The molecule has 144 valence electrons. The van der Waals surface area contributed by atoms with Crippen LogP contribution < -0.4 is 10.1 Å². The van der Waals surface area contributed by atoms with Crippen molar-refractivity contribution >= 4 is 51.9 Å². The van der Waals surface area contributed by atoms with Crippen LogP contribution in [-0.2, 0) is 11.4 Å². The van der Waals surface area contributed by atoms with Crippen LogP contribution in [0.25, 0.3) is 6.08 Å². The molecule has 0 unspecified atom stereocenters. The molecule has 0 aliphatic heterocycles. The van der Waals surface area contributed by atoms with Crippen LogP contribution >= 0.6 is 34.2 Å². The summed E-state index contributed by atoms with van der Waals surface area (Å²) < 4.78 is 6.80. The summed E-state index contributed by atoms with van der Waals surface area (Å²) in [6.07, 6.45) is 1.49. The lowest BCUT2D eigenvalue weighted by Gasteiger charge is -2.09. The fraction of sp³-hybridized carbons (Fsp3) is 0.0435. The van der Waals surface area contributed by atoms with Crippen molar-refractivity contribution in [2.45, 2.75) is 6.61 Å². The highest BCUT2D eigenvalue weighted by Crippen LogP contribution is 2.27. The SMILES string of the molecule is N#C/C(=C\c1ccc(OCc2ccccc2)c(Cl)c1)C(=O)Nc1ccc(I)cc1. The summed E-state index contributed by atoms with van der Waals surface area (Å²) in [4.78, 5) is 12.4. The van der Waals surface area contributed by atoms with E-state index in [1.807, 2.05) is 48.5 Å². The van der Waals surface area contributed by atoms with Crippen LogP contribution in [0.4, 0.5) is 5.69 Å². The van der Waals surface area contributed by atoms with Crippen molar-refractivity contribution in [2.75, 3.05) is 5.32 Å². The third-order valence-electron chi connectivity index (χ3n) is 3.97. The van der Waals surface area contributed by atoms with Gasteiger partial charge in [0.05, 0.1) is 5.02 Å². The van der Waals surface area contributed by atoms with Crippen molar-refractivity contribution < 1.29 is 9.53 Å². The Morgan fingerprint density at radius 1 is 1.10 bits per heavy atom. The standard InChI is InChI=1S/C23H16ClIN2O2/c24-21-13-17(6-11-22(21)29-15-16-4-2-1-3-5-16)12-18(14-26)23(28)27-20-9-7-19(25)8-10-20/h1-13H,15H2,(H,27,28)/b18-12+. The van der Waals surface area contributed by atoms with Crippen LogP contribution in [-0.4, -0.2) is 5.91 Å². The highest BCUT2D eigenvalue weighted by molar-refractivity contribution is 14.1. The minimum Gasteiger partial charge on any atom is -0.487 e. The minimum absolute atomic E-state index is 0.0161. The number of carbonyl (C=O) groups excluding carboxylic acids is 1. The second-order valence-corrected chi connectivity index (χ2v) is 7.75. The van der Waals surface area contributed by atoms with Crippen LogP contribution in [0, 0.1) is 14.9 Å². The first kappa shape index (κ1) is 20.9. The number of halogens is 2.